The van der Waals surface area contributed by atoms with Gasteiger partial charge in [0.25, 0.3) is 0 Å². The summed E-state index contributed by atoms with van der Waals surface area (Å²) < 4.78 is 11.4. The largest absolute Gasteiger partial charge is 0.490 e. The van der Waals surface area contributed by atoms with E-state index in [0.717, 1.165) is 30.5 Å². The van der Waals surface area contributed by atoms with Gasteiger partial charge in [0.2, 0.25) is 0 Å². The molecule has 1 aromatic carbocycles. The molecule has 120 valence electrons. The van der Waals surface area contributed by atoms with Crippen LogP contribution in [0.3, 0.4) is 0 Å². The molecule has 1 aromatic heterocycles. The molecule has 4 nitrogen and oxygen atoms in total. The van der Waals surface area contributed by atoms with E-state index in [9.17, 15) is 4.79 Å². The van der Waals surface area contributed by atoms with Gasteiger partial charge < -0.3 is 9.15 Å². The lowest BCUT2D eigenvalue weighted by Crippen LogP contribution is -2.46. The lowest BCUT2D eigenvalue weighted by atomic mass is 9.99. The quantitative estimate of drug-likeness (QED) is 0.641. The Morgan fingerprint density at radius 2 is 1.96 bits per heavy atom. The van der Waals surface area contributed by atoms with Crippen molar-refractivity contribution in [2.24, 2.45) is 0 Å². The second-order valence-electron chi connectivity index (χ2n) is 6.54. The first kappa shape index (κ1) is 14.5. The summed E-state index contributed by atoms with van der Waals surface area (Å²) in [6.07, 6.45) is 6.86. The van der Waals surface area contributed by atoms with Gasteiger partial charge in [-0.2, -0.15) is 0 Å². The highest BCUT2D eigenvalue weighted by Gasteiger charge is 2.40. The molecule has 2 aliphatic rings. The van der Waals surface area contributed by atoms with Crippen molar-refractivity contribution in [1.29, 1.82) is 0 Å². The number of benzene rings is 1. The Bertz CT molecular complexity index is 768. The molecule has 0 radical (unpaired) electrons. The van der Waals surface area contributed by atoms with Crippen LogP contribution in [-0.2, 0) is 0 Å². The van der Waals surface area contributed by atoms with Gasteiger partial charge in [-0.05, 0) is 43.9 Å². The van der Waals surface area contributed by atoms with Crippen molar-refractivity contribution in [3.05, 3.63) is 53.4 Å². The summed E-state index contributed by atoms with van der Waals surface area (Å²) in [7, 11) is 0. The number of hydrogen-bond acceptors (Lipinski definition) is 4. The van der Waals surface area contributed by atoms with E-state index in [1.54, 1.807) is 6.07 Å². The van der Waals surface area contributed by atoms with Crippen LogP contribution in [0.2, 0.25) is 0 Å². The molecule has 0 spiro atoms. The van der Waals surface area contributed by atoms with E-state index in [1.165, 1.54) is 18.9 Å². The highest BCUT2D eigenvalue weighted by atomic mass is 16.5. The number of hydrogen-bond donors (Lipinski definition) is 0. The van der Waals surface area contributed by atoms with Crippen molar-refractivity contribution in [1.82, 2.24) is 4.90 Å². The second kappa shape index (κ2) is 5.85. The molecule has 3 heterocycles. The van der Waals surface area contributed by atoms with E-state index in [2.05, 4.69) is 11.5 Å². The maximum atomic E-state index is 11.4. The molecule has 2 unspecified atom stereocenters. The molecule has 2 saturated heterocycles. The van der Waals surface area contributed by atoms with Crippen molar-refractivity contribution < 1.29 is 9.15 Å². The van der Waals surface area contributed by atoms with Gasteiger partial charge in [-0.3, -0.25) is 4.90 Å². The maximum absolute atomic E-state index is 11.4. The van der Waals surface area contributed by atoms with E-state index in [0.29, 0.717) is 17.7 Å². The van der Waals surface area contributed by atoms with Crippen LogP contribution in [0.4, 0.5) is 0 Å². The SMILES string of the molecule is C=CCN1C2CCC1CC(Oc1ccc3ccc(=O)oc3c1)C2. The van der Waals surface area contributed by atoms with Crippen LogP contribution < -0.4 is 10.4 Å². The molecular weight excluding hydrogens is 290 g/mol. The van der Waals surface area contributed by atoms with Gasteiger partial charge in [0.05, 0.1) is 0 Å². The molecule has 2 aliphatic heterocycles. The Kier molecular flexibility index (Phi) is 3.69. The summed E-state index contributed by atoms with van der Waals surface area (Å²) in [6.45, 7) is 4.84. The molecule has 4 rings (SSSR count). The lowest BCUT2D eigenvalue weighted by molar-refractivity contribution is 0.0570. The monoisotopic (exact) mass is 311 g/mol. The fraction of sp³-hybridized carbons (Fsp3) is 0.421. The first-order valence-corrected chi connectivity index (χ1v) is 8.30. The van der Waals surface area contributed by atoms with Crippen LogP contribution in [0.25, 0.3) is 11.0 Å². The van der Waals surface area contributed by atoms with Crippen LogP contribution in [0.5, 0.6) is 5.75 Å². The standard InChI is InChI=1S/C19H21NO3/c1-2-9-20-14-5-6-15(20)11-17(10-14)22-16-7-3-13-4-8-19(21)23-18(13)12-16/h2-4,7-8,12,14-15,17H,1,5-6,9-11H2. The predicted octanol–water partition coefficient (Wildman–Crippen LogP) is 3.35. The summed E-state index contributed by atoms with van der Waals surface area (Å²) >= 11 is 0. The van der Waals surface area contributed by atoms with Gasteiger partial charge in [0.1, 0.15) is 17.4 Å². The summed E-state index contributed by atoms with van der Waals surface area (Å²) in [4.78, 5) is 13.9. The molecule has 0 amide bonds. The third-order valence-corrected chi connectivity index (χ3v) is 5.08. The van der Waals surface area contributed by atoms with Gasteiger partial charge in [-0.1, -0.05) is 6.08 Å². The molecule has 2 aromatic rings. The van der Waals surface area contributed by atoms with E-state index < -0.39 is 0 Å². The molecule has 0 saturated carbocycles. The van der Waals surface area contributed by atoms with Crippen molar-refractivity contribution >= 4 is 11.0 Å². The second-order valence-corrected chi connectivity index (χ2v) is 6.54. The third-order valence-electron chi connectivity index (χ3n) is 5.08. The Morgan fingerprint density at radius 1 is 1.22 bits per heavy atom. The lowest BCUT2D eigenvalue weighted by Gasteiger charge is -2.38. The number of ether oxygens (including phenoxy) is 1. The summed E-state index contributed by atoms with van der Waals surface area (Å²) in [5, 5.41) is 0.915. The van der Waals surface area contributed by atoms with Gasteiger partial charge in [0.15, 0.2) is 0 Å². The zero-order valence-electron chi connectivity index (χ0n) is 13.1. The van der Waals surface area contributed by atoms with Crippen molar-refractivity contribution in [3.63, 3.8) is 0 Å². The van der Waals surface area contributed by atoms with Crippen LogP contribution in [-0.4, -0.2) is 29.6 Å². The zero-order chi connectivity index (χ0) is 15.8. The van der Waals surface area contributed by atoms with Crippen LogP contribution in [0.15, 0.2) is 52.2 Å². The van der Waals surface area contributed by atoms with Crippen molar-refractivity contribution in [2.45, 2.75) is 43.9 Å². The van der Waals surface area contributed by atoms with E-state index in [1.807, 2.05) is 24.3 Å². The molecule has 23 heavy (non-hydrogen) atoms. The van der Waals surface area contributed by atoms with Crippen molar-refractivity contribution in [2.75, 3.05) is 6.54 Å². The minimum atomic E-state index is -0.328. The molecule has 2 atom stereocenters. The van der Waals surface area contributed by atoms with Crippen LogP contribution in [0, 0.1) is 0 Å². The Labute approximate surface area is 135 Å². The summed E-state index contributed by atoms with van der Waals surface area (Å²) in [5.41, 5.74) is 0.257. The Balaban J connectivity index is 1.51. The van der Waals surface area contributed by atoms with Crippen LogP contribution >= 0.6 is 0 Å². The number of piperidine rings is 1. The minimum absolute atomic E-state index is 0.237. The molecule has 4 heteroatoms. The minimum Gasteiger partial charge on any atom is -0.490 e. The average Bonchev–Trinajstić information content (AvgIpc) is 2.78. The summed E-state index contributed by atoms with van der Waals surface area (Å²) in [5.74, 6) is 0.786. The van der Waals surface area contributed by atoms with Crippen molar-refractivity contribution in [3.8, 4) is 5.75 Å². The first-order chi connectivity index (χ1) is 11.2. The fourth-order valence-corrected chi connectivity index (χ4v) is 4.07. The Morgan fingerprint density at radius 3 is 2.70 bits per heavy atom. The molecular formula is C19H21NO3. The smallest absolute Gasteiger partial charge is 0.336 e. The molecule has 0 aliphatic carbocycles. The highest BCUT2D eigenvalue weighted by Crippen LogP contribution is 2.37. The van der Waals surface area contributed by atoms with Gasteiger partial charge in [0, 0.05) is 36.1 Å². The Hall–Kier alpha value is -2.07. The van der Waals surface area contributed by atoms with Gasteiger partial charge >= 0.3 is 5.63 Å². The highest BCUT2D eigenvalue weighted by molar-refractivity contribution is 5.77. The van der Waals surface area contributed by atoms with Gasteiger partial charge in [-0.25, -0.2) is 4.79 Å². The van der Waals surface area contributed by atoms with E-state index in [-0.39, 0.29) is 11.7 Å². The number of fused-ring (bicyclic) bond motifs is 3. The van der Waals surface area contributed by atoms with Crippen LogP contribution in [0.1, 0.15) is 25.7 Å². The molecule has 2 bridgehead atoms. The average molecular weight is 311 g/mol. The van der Waals surface area contributed by atoms with E-state index >= 15 is 0 Å². The number of nitrogens with zero attached hydrogens (tertiary/aromatic N) is 1. The molecule has 2 fully saturated rings. The third kappa shape index (κ3) is 2.79. The zero-order valence-corrected chi connectivity index (χ0v) is 13.1. The fourth-order valence-electron chi connectivity index (χ4n) is 4.07. The number of rotatable bonds is 4. The summed E-state index contributed by atoms with van der Waals surface area (Å²) in [6, 6.07) is 10.2. The topological polar surface area (TPSA) is 42.7 Å². The predicted molar refractivity (Wildman–Crippen MR) is 89.8 cm³/mol. The van der Waals surface area contributed by atoms with E-state index in [4.69, 9.17) is 9.15 Å². The van der Waals surface area contributed by atoms with Gasteiger partial charge in [-0.15, -0.1) is 6.58 Å². The molecule has 0 N–H and O–H groups in total. The normalized spacial score (nSPS) is 27.2. The first-order valence-electron chi connectivity index (χ1n) is 8.30. The maximum Gasteiger partial charge on any atom is 0.336 e.